The molecule has 3 rings (SSSR count). The van der Waals surface area contributed by atoms with Gasteiger partial charge >= 0.3 is 0 Å². The normalized spacial score (nSPS) is 13.0. The van der Waals surface area contributed by atoms with E-state index in [-0.39, 0.29) is 5.91 Å². The molecule has 1 aromatic carbocycles. The summed E-state index contributed by atoms with van der Waals surface area (Å²) in [6, 6.07) is 4.97. The first-order valence-corrected chi connectivity index (χ1v) is 8.00. The molecule has 2 aromatic rings. The number of hydrogen-bond acceptors (Lipinski definition) is 6. The minimum atomic E-state index is -0.233. The maximum atomic E-state index is 12.3. The van der Waals surface area contributed by atoms with Gasteiger partial charge in [0.2, 0.25) is 5.95 Å². The van der Waals surface area contributed by atoms with E-state index in [1.807, 2.05) is 0 Å². The third kappa shape index (κ3) is 4.05. The molecule has 2 N–H and O–H groups in total. The monoisotopic (exact) mass is 348 g/mol. The highest BCUT2D eigenvalue weighted by atomic mass is 35.5. The zero-order valence-electron chi connectivity index (χ0n) is 12.9. The van der Waals surface area contributed by atoms with Crippen molar-refractivity contribution in [3.63, 3.8) is 0 Å². The van der Waals surface area contributed by atoms with Crippen LogP contribution in [0.3, 0.4) is 0 Å². The molecule has 1 aliphatic rings. The van der Waals surface area contributed by atoms with Gasteiger partial charge in [0, 0.05) is 37.5 Å². The standard InChI is InChI=1S/C16H17ClN4O3/c17-12-9-11(10-13-14(12)24-8-2-7-23-13)15(22)18-5-6-21-16-19-3-1-4-20-16/h1,3-4,9-10H,2,5-8H2,(H,18,22)(H,19,20,21). The van der Waals surface area contributed by atoms with Gasteiger partial charge in [-0.2, -0.15) is 0 Å². The second-order valence-corrected chi connectivity index (χ2v) is 5.50. The summed E-state index contributed by atoms with van der Waals surface area (Å²) in [6.07, 6.45) is 4.07. The second kappa shape index (κ2) is 7.83. The van der Waals surface area contributed by atoms with Crippen LogP contribution in [0.5, 0.6) is 11.5 Å². The molecule has 1 aliphatic heterocycles. The van der Waals surface area contributed by atoms with Gasteiger partial charge in [-0.1, -0.05) is 11.6 Å². The molecule has 0 radical (unpaired) electrons. The van der Waals surface area contributed by atoms with Crippen molar-refractivity contribution in [1.82, 2.24) is 15.3 Å². The average molecular weight is 349 g/mol. The molecule has 7 nitrogen and oxygen atoms in total. The molecule has 126 valence electrons. The number of rotatable bonds is 5. The number of amides is 1. The Labute approximate surface area is 144 Å². The van der Waals surface area contributed by atoms with Crippen LogP contribution in [0.15, 0.2) is 30.6 Å². The van der Waals surface area contributed by atoms with E-state index >= 15 is 0 Å². The minimum Gasteiger partial charge on any atom is -0.489 e. The lowest BCUT2D eigenvalue weighted by Gasteiger charge is -2.12. The molecule has 0 bridgehead atoms. The molecule has 0 fully saturated rings. The Morgan fingerprint density at radius 2 is 1.96 bits per heavy atom. The topological polar surface area (TPSA) is 85.4 Å². The van der Waals surface area contributed by atoms with Crippen LogP contribution in [0.2, 0.25) is 5.02 Å². The number of carbonyl (C=O) groups is 1. The van der Waals surface area contributed by atoms with E-state index in [2.05, 4.69) is 20.6 Å². The molecule has 1 amide bonds. The molecular weight excluding hydrogens is 332 g/mol. The molecule has 1 aromatic heterocycles. The number of nitrogens with one attached hydrogen (secondary N) is 2. The Balaban J connectivity index is 1.57. The van der Waals surface area contributed by atoms with E-state index in [0.717, 1.165) is 6.42 Å². The molecule has 0 spiro atoms. The fraction of sp³-hybridized carbons (Fsp3) is 0.312. The molecule has 8 heteroatoms. The van der Waals surface area contributed by atoms with Gasteiger partial charge in [0.25, 0.3) is 5.91 Å². The van der Waals surface area contributed by atoms with E-state index in [9.17, 15) is 4.79 Å². The second-order valence-electron chi connectivity index (χ2n) is 5.09. The Hall–Kier alpha value is -2.54. The Kier molecular flexibility index (Phi) is 5.32. The number of ether oxygens (including phenoxy) is 2. The molecule has 2 heterocycles. The van der Waals surface area contributed by atoms with Crippen LogP contribution >= 0.6 is 11.6 Å². The lowest BCUT2D eigenvalue weighted by molar-refractivity contribution is 0.0954. The van der Waals surface area contributed by atoms with Crippen molar-refractivity contribution in [1.29, 1.82) is 0 Å². The SMILES string of the molecule is O=C(NCCNc1ncccn1)c1cc(Cl)c2c(c1)OCCCO2. The highest BCUT2D eigenvalue weighted by molar-refractivity contribution is 6.32. The number of hydrogen-bond donors (Lipinski definition) is 2. The summed E-state index contributed by atoms with van der Waals surface area (Å²) in [5, 5.41) is 6.19. The lowest BCUT2D eigenvalue weighted by Crippen LogP contribution is -2.29. The highest BCUT2D eigenvalue weighted by Crippen LogP contribution is 2.37. The van der Waals surface area contributed by atoms with Crippen molar-refractivity contribution < 1.29 is 14.3 Å². The third-order valence-corrected chi connectivity index (χ3v) is 3.60. The van der Waals surface area contributed by atoms with Crippen molar-refractivity contribution in [3.8, 4) is 11.5 Å². The van der Waals surface area contributed by atoms with Crippen LogP contribution in [-0.2, 0) is 0 Å². The number of benzene rings is 1. The van der Waals surface area contributed by atoms with Crippen molar-refractivity contribution in [2.75, 3.05) is 31.6 Å². The summed E-state index contributed by atoms with van der Waals surface area (Å²) in [4.78, 5) is 20.3. The van der Waals surface area contributed by atoms with Gasteiger partial charge in [0.1, 0.15) is 0 Å². The first-order valence-electron chi connectivity index (χ1n) is 7.62. The van der Waals surface area contributed by atoms with Crippen LogP contribution < -0.4 is 20.1 Å². The Morgan fingerprint density at radius 1 is 1.17 bits per heavy atom. The largest absolute Gasteiger partial charge is 0.489 e. The molecule has 0 unspecified atom stereocenters. The summed E-state index contributed by atoms with van der Waals surface area (Å²) in [5.74, 6) is 1.28. The highest BCUT2D eigenvalue weighted by Gasteiger charge is 2.18. The fourth-order valence-electron chi connectivity index (χ4n) is 2.20. The van der Waals surface area contributed by atoms with Crippen LogP contribution in [0.1, 0.15) is 16.8 Å². The van der Waals surface area contributed by atoms with Gasteiger partial charge in [-0.05, 0) is 18.2 Å². The lowest BCUT2D eigenvalue weighted by atomic mass is 10.2. The summed E-state index contributed by atoms with van der Waals surface area (Å²) in [5.41, 5.74) is 0.431. The Morgan fingerprint density at radius 3 is 2.79 bits per heavy atom. The van der Waals surface area contributed by atoms with Gasteiger partial charge in [-0.15, -0.1) is 0 Å². The third-order valence-electron chi connectivity index (χ3n) is 3.32. The van der Waals surface area contributed by atoms with E-state index in [1.54, 1.807) is 30.6 Å². The van der Waals surface area contributed by atoms with Gasteiger partial charge in [-0.25, -0.2) is 9.97 Å². The number of anilines is 1. The predicted octanol–water partition coefficient (Wildman–Crippen LogP) is 2.13. The number of aromatic nitrogens is 2. The number of carbonyl (C=O) groups excluding carboxylic acids is 1. The average Bonchev–Trinajstić information content (AvgIpc) is 2.85. The molecule has 24 heavy (non-hydrogen) atoms. The van der Waals surface area contributed by atoms with Crippen molar-refractivity contribution >= 4 is 23.5 Å². The first-order chi connectivity index (χ1) is 11.7. The van der Waals surface area contributed by atoms with Crippen LogP contribution in [0, 0.1) is 0 Å². The van der Waals surface area contributed by atoms with Gasteiger partial charge in [-0.3, -0.25) is 4.79 Å². The van der Waals surface area contributed by atoms with Gasteiger partial charge in [0.15, 0.2) is 11.5 Å². The molecular formula is C16H17ClN4O3. The number of nitrogens with zero attached hydrogens (tertiary/aromatic N) is 2. The zero-order chi connectivity index (χ0) is 16.8. The Bertz CT molecular complexity index is 712. The quantitative estimate of drug-likeness (QED) is 0.805. The van der Waals surface area contributed by atoms with Crippen LogP contribution in [0.25, 0.3) is 0 Å². The minimum absolute atomic E-state index is 0.233. The zero-order valence-corrected chi connectivity index (χ0v) is 13.7. The molecule has 0 saturated heterocycles. The summed E-state index contributed by atoms with van der Waals surface area (Å²) in [6.45, 7) is 2.01. The maximum Gasteiger partial charge on any atom is 0.251 e. The molecule has 0 saturated carbocycles. The van der Waals surface area contributed by atoms with Crippen molar-refractivity contribution in [3.05, 3.63) is 41.2 Å². The smallest absolute Gasteiger partial charge is 0.251 e. The maximum absolute atomic E-state index is 12.3. The summed E-state index contributed by atoms with van der Waals surface area (Å²) in [7, 11) is 0. The van der Waals surface area contributed by atoms with E-state index in [4.69, 9.17) is 21.1 Å². The summed E-state index contributed by atoms with van der Waals surface area (Å²) < 4.78 is 11.1. The fourth-order valence-corrected chi connectivity index (χ4v) is 2.47. The van der Waals surface area contributed by atoms with Crippen LogP contribution in [0.4, 0.5) is 5.95 Å². The molecule has 0 atom stereocenters. The van der Waals surface area contributed by atoms with Gasteiger partial charge < -0.3 is 20.1 Å². The van der Waals surface area contributed by atoms with Crippen molar-refractivity contribution in [2.45, 2.75) is 6.42 Å². The summed E-state index contributed by atoms with van der Waals surface area (Å²) >= 11 is 6.19. The van der Waals surface area contributed by atoms with Gasteiger partial charge in [0.05, 0.1) is 18.2 Å². The first kappa shape index (κ1) is 16.3. The molecule has 0 aliphatic carbocycles. The van der Waals surface area contributed by atoms with Crippen molar-refractivity contribution in [2.24, 2.45) is 0 Å². The predicted molar refractivity (Wildman–Crippen MR) is 89.9 cm³/mol. The van der Waals surface area contributed by atoms with E-state index in [1.165, 1.54) is 0 Å². The van der Waals surface area contributed by atoms with E-state index < -0.39 is 0 Å². The number of halogens is 1. The van der Waals surface area contributed by atoms with E-state index in [0.29, 0.717) is 54.3 Å². The number of fused-ring (bicyclic) bond motifs is 1. The van der Waals surface area contributed by atoms with Crippen LogP contribution in [-0.4, -0.2) is 42.2 Å².